The number of carbonyl (C=O) groups excluding carboxylic acids is 3. The standard InChI is InChI=1S/C8H12N4O3/c1-12-7(15)11-6(14)8(12)2-4(5(9)13)10-3-8/h4,10H,2-3H2,1H3,(H2,9,13)(H,11,14,15)/t4-,8+/m0/s1. The van der Waals surface area contributed by atoms with Gasteiger partial charge in [-0.1, -0.05) is 0 Å². The van der Waals surface area contributed by atoms with Gasteiger partial charge >= 0.3 is 6.03 Å². The molecule has 4 amide bonds. The summed E-state index contributed by atoms with van der Waals surface area (Å²) in [4.78, 5) is 35.2. The molecule has 82 valence electrons. The zero-order valence-electron chi connectivity index (χ0n) is 8.24. The van der Waals surface area contributed by atoms with Crippen molar-refractivity contribution in [3.8, 4) is 0 Å². The van der Waals surface area contributed by atoms with Gasteiger partial charge in [0.25, 0.3) is 5.91 Å². The van der Waals surface area contributed by atoms with E-state index in [1.165, 1.54) is 11.9 Å². The fourth-order valence-electron chi connectivity index (χ4n) is 2.05. The van der Waals surface area contributed by atoms with Gasteiger partial charge in [-0.2, -0.15) is 0 Å². The van der Waals surface area contributed by atoms with E-state index < -0.39 is 23.5 Å². The number of primary amides is 1. The Hall–Kier alpha value is -1.63. The molecule has 0 radical (unpaired) electrons. The van der Waals surface area contributed by atoms with Crippen molar-refractivity contribution in [1.29, 1.82) is 0 Å². The van der Waals surface area contributed by atoms with E-state index >= 15 is 0 Å². The van der Waals surface area contributed by atoms with Gasteiger partial charge in [0.05, 0.1) is 6.04 Å². The molecule has 2 fully saturated rings. The van der Waals surface area contributed by atoms with Crippen molar-refractivity contribution >= 4 is 17.8 Å². The number of nitrogens with two attached hydrogens (primary N) is 1. The lowest BCUT2D eigenvalue weighted by atomic mass is 9.94. The smallest absolute Gasteiger partial charge is 0.324 e. The number of urea groups is 1. The summed E-state index contributed by atoms with van der Waals surface area (Å²) in [7, 11) is 1.53. The van der Waals surface area contributed by atoms with Crippen molar-refractivity contribution < 1.29 is 14.4 Å². The summed E-state index contributed by atoms with van der Waals surface area (Å²) in [5.74, 6) is -0.876. The summed E-state index contributed by atoms with van der Waals surface area (Å²) in [6, 6.07) is -0.990. The number of rotatable bonds is 1. The molecule has 4 N–H and O–H groups in total. The van der Waals surface area contributed by atoms with Crippen molar-refractivity contribution in [2.75, 3.05) is 13.6 Å². The molecule has 0 aromatic rings. The first-order valence-electron chi connectivity index (χ1n) is 4.59. The van der Waals surface area contributed by atoms with Crippen LogP contribution in [0.1, 0.15) is 6.42 Å². The van der Waals surface area contributed by atoms with Gasteiger partial charge in [-0.25, -0.2) is 4.79 Å². The first-order valence-corrected chi connectivity index (χ1v) is 4.59. The topological polar surface area (TPSA) is 105 Å². The van der Waals surface area contributed by atoms with Crippen LogP contribution in [-0.2, 0) is 9.59 Å². The third-order valence-electron chi connectivity index (χ3n) is 3.12. The van der Waals surface area contributed by atoms with Gasteiger partial charge in [0.1, 0.15) is 5.54 Å². The van der Waals surface area contributed by atoms with Crippen molar-refractivity contribution in [2.45, 2.75) is 18.0 Å². The first kappa shape index (κ1) is 9.91. The second-order valence-electron chi connectivity index (χ2n) is 3.89. The number of nitrogens with one attached hydrogen (secondary N) is 2. The van der Waals surface area contributed by atoms with Crippen LogP contribution >= 0.6 is 0 Å². The lowest BCUT2D eigenvalue weighted by Crippen LogP contribution is -2.49. The minimum absolute atomic E-state index is 0.233. The van der Waals surface area contributed by atoms with E-state index in [2.05, 4.69) is 10.6 Å². The molecule has 7 nitrogen and oxygen atoms in total. The number of nitrogens with zero attached hydrogens (tertiary/aromatic N) is 1. The van der Waals surface area contributed by atoms with E-state index in [-0.39, 0.29) is 18.9 Å². The van der Waals surface area contributed by atoms with Crippen molar-refractivity contribution in [2.24, 2.45) is 5.73 Å². The third-order valence-corrected chi connectivity index (χ3v) is 3.12. The maximum atomic E-state index is 11.6. The minimum atomic E-state index is -0.948. The van der Waals surface area contributed by atoms with Crippen molar-refractivity contribution in [3.63, 3.8) is 0 Å². The van der Waals surface area contributed by atoms with Crippen molar-refractivity contribution in [1.82, 2.24) is 15.5 Å². The summed E-state index contributed by atoms with van der Waals surface area (Å²) >= 11 is 0. The lowest BCUT2D eigenvalue weighted by Gasteiger charge is -2.26. The average molecular weight is 212 g/mol. The molecule has 0 unspecified atom stereocenters. The lowest BCUT2D eigenvalue weighted by molar-refractivity contribution is -0.125. The molecule has 0 aromatic carbocycles. The first-order chi connectivity index (χ1) is 6.97. The molecule has 1 spiro atoms. The zero-order valence-corrected chi connectivity index (χ0v) is 8.24. The second kappa shape index (κ2) is 2.93. The summed E-state index contributed by atoms with van der Waals surface area (Å²) in [5, 5.41) is 5.06. The van der Waals surface area contributed by atoms with Crippen LogP contribution in [0.3, 0.4) is 0 Å². The maximum absolute atomic E-state index is 11.6. The molecule has 2 saturated heterocycles. The number of carbonyl (C=O) groups is 3. The van der Waals surface area contributed by atoms with E-state index in [9.17, 15) is 14.4 Å². The highest BCUT2D eigenvalue weighted by molar-refractivity contribution is 6.07. The van der Waals surface area contributed by atoms with Crippen LogP contribution in [0, 0.1) is 0 Å². The summed E-state index contributed by atoms with van der Waals surface area (Å²) in [5.41, 5.74) is 4.19. The highest BCUT2D eigenvalue weighted by Gasteiger charge is 2.56. The van der Waals surface area contributed by atoms with Crippen LogP contribution in [0.2, 0.25) is 0 Å². The van der Waals surface area contributed by atoms with Crippen LogP contribution in [0.15, 0.2) is 0 Å². The van der Waals surface area contributed by atoms with Gasteiger partial charge < -0.3 is 16.0 Å². The maximum Gasteiger partial charge on any atom is 0.324 e. The van der Waals surface area contributed by atoms with Crippen LogP contribution < -0.4 is 16.4 Å². The second-order valence-corrected chi connectivity index (χ2v) is 3.89. The number of amides is 4. The van der Waals surface area contributed by atoms with Gasteiger partial charge in [-0.05, 0) is 0 Å². The third kappa shape index (κ3) is 1.19. The quantitative estimate of drug-likeness (QED) is 0.427. The highest BCUT2D eigenvalue weighted by Crippen LogP contribution is 2.29. The van der Waals surface area contributed by atoms with Crippen LogP contribution in [-0.4, -0.2) is 47.9 Å². The molecule has 2 rings (SSSR count). The largest absolute Gasteiger partial charge is 0.368 e. The van der Waals surface area contributed by atoms with Crippen LogP contribution in [0.5, 0.6) is 0 Å². The van der Waals surface area contributed by atoms with Crippen LogP contribution in [0.4, 0.5) is 4.79 Å². The molecule has 0 aromatic heterocycles. The fourth-order valence-corrected chi connectivity index (χ4v) is 2.05. The number of hydrogen-bond donors (Lipinski definition) is 3. The number of imide groups is 1. The van der Waals surface area contributed by atoms with Crippen molar-refractivity contribution in [3.05, 3.63) is 0 Å². The highest BCUT2D eigenvalue weighted by atomic mass is 16.2. The average Bonchev–Trinajstić information content (AvgIpc) is 2.68. The SMILES string of the molecule is CN1C(=O)NC(=O)[C@@]12CN[C@H](C(N)=O)C2. The molecule has 7 heteroatoms. The predicted octanol–water partition coefficient (Wildman–Crippen LogP) is -2.25. The Morgan fingerprint density at radius 3 is 2.67 bits per heavy atom. The van der Waals surface area contributed by atoms with Gasteiger partial charge in [0.15, 0.2) is 0 Å². The summed E-state index contributed by atoms with van der Waals surface area (Å²) in [6.45, 7) is 0.259. The van der Waals surface area contributed by atoms with Gasteiger partial charge in [0.2, 0.25) is 5.91 Å². The van der Waals surface area contributed by atoms with Gasteiger partial charge in [-0.3, -0.25) is 14.9 Å². The molecule has 0 saturated carbocycles. The van der Waals surface area contributed by atoms with Gasteiger partial charge in [0, 0.05) is 20.0 Å². The van der Waals surface area contributed by atoms with E-state index in [0.717, 1.165) is 0 Å². The molecule has 2 heterocycles. The summed E-state index contributed by atoms with van der Waals surface area (Å²) in [6.07, 6.45) is 0.233. The monoisotopic (exact) mass is 212 g/mol. The molecule has 2 aliphatic rings. The fraction of sp³-hybridized carbons (Fsp3) is 0.625. The predicted molar refractivity (Wildman–Crippen MR) is 49.6 cm³/mol. The Morgan fingerprint density at radius 2 is 2.27 bits per heavy atom. The molecular weight excluding hydrogens is 200 g/mol. The Labute approximate surface area is 86.0 Å². The zero-order chi connectivity index (χ0) is 11.2. The normalized spacial score (nSPS) is 35.0. The number of likely N-dealkylation sites (N-methyl/N-ethyl adjacent to an activating group) is 1. The molecule has 0 bridgehead atoms. The Morgan fingerprint density at radius 1 is 1.60 bits per heavy atom. The van der Waals surface area contributed by atoms with E-state index in [0.29, 0.717) is 0 Å². The van der Waals surface area contributed by atoms with Gasteiger partial charge in [-0.15, -0.1) is 0 Å². The molecular formula is C8H12N4O3. The number of hydrogen-bond acceptors (Lipinski definition) is 4. The van der Waals surface area contributed by atoms with E-state index in [1.807, 2.05) is 0 Å². The summed E-state index contributed by atoms with van der Waals surface area (Å²) < 4.78 is 0. The molecule has 2 atom stereocenters. The van der Waals surface area contributed by atoms with E-state index in [1.54, 1.807) is 0 Å². The molecule has 15 heavy (non-hydrogen) atoms. The van der Waals surface area contributed by atoms with Crippen LogP contribution in [0.25, 0.3) is 0 Å². The Balaban J connectivity index is 2.26. The molecule has 0 aliphatic carbocycles. The minimum Gasteiger partial charge on any atom is -0.368 e. The Bertz CT molecular complexity index is 356. The van der Waals surface area contributed by atoms with E-state index in [4.69, 9.17) is 5.73 Å². The molecule has 2 aliphatic heterocycles. The Kier molecular flexibility index (Phi) is 1.93.